The van der Waals surface area contributed by atoms with Crippen molar-refractivity contribution in [3.05, 3.63) is 95.6 Å². The molecule has 29 heavy (non-hydrogen) atoms. The highest BCUT2D eigenvalue weighted by Crippen LogP contribution is 2.65. The molecule has 2 nitrogen and oxygen atoms in total. The molecule has 1 saturated carbocycles. The van der Waals surface area contributed by atoms with Crippen LogP contribution in [0.15, 0.2) is 83.9 Å². The number of hydrogen-bond donors (Lipinski definition) is 0. The van der Waals surface area contributed by atoms with Gasteiger partial charge in [0.05, 0.1) is 11.9 Å². The normalized spacial score (nSPS) is 25.3. The van der Waals surface area contributed by atoms with Gasteiger partial charge in [-0.1, -0.05) is 78.9 Å². The van der Waals surface area contributed by atoms with Crippen LogP contribution in [0.1, 0.15) is 29.5 Å². The first-order chi connectivity index (χ1) is 14.3. The van der Waals surface area contributed by atoms with Crippen LogP contribution in [0.25, 0.3) is 11.1 Å². The number of aliphatic imine (C=N–C) groups is 1. The van der Waals surface area contributed by atoms with E-state index in [1.807, 2.05) is 0 Å². The van der Waals surface area contributed by atoms with Crippen molar-refractivity contribution in [2.24, 2.45) is 10.9 Å². The molecule has 0 bridgehead atoms. The minimum atomic E-state index is -0.336. The largest absolute Gasteiger partial charge is 0.350 e. The van der Waals surface area contributed by atoms with E-state index in [4.69, 9.17) is 16.6 Å². The van der Waals surface area contributed by atoms with Gasteiger partial charge in [-0.2, -0.15) is 0 Å². The van der Waals surface area contributed by atoms with Crippen molar-refractivity contribution in [3.63, 3.8) is 0 Å². The molecule has 0 unspecified atom stereocenters. The van der Waals surface area contributed by atoms with Crippen molar-refractivity contribution in [1.82, 2.24) is 4.90 Å². The first kappa shape index (κ1) is 17.3. The monoisotopic (exact) mass is 398 g/mol. The SMILES string of the molecule is ClCC1CC2(C1)N(Cc1ccccc1)C=NC21c2ccccc2-c2ccccc21. The molecule has 0 atom stereocenters. The van der Waals surface area contributed by atoms with Crippen LogP contribution in [-0.4, -0.2) is 22.7 Å². The fourth-order valence-electron chi connectivity index (χ4n) is 5.95. The topological polar surface area (TPSA) is 15.6 Å². The predicted octanol–water partition coefficient (Wildman–Crippen LogP) is 5.84. The van der Waals surface area contributed by atoms with Gasteiger partial charge in [-0.3, -0.25) is 4.99 Å². The zero-order chi connectivity index (χ0) is 19.5. The number of alkyl halides is 1. The molecule has 6 rings (SSSR count). The van der Waals surface area contributed by atoms with Crippen molar-refractivity contribution < 1.29 is 0 Å². The Bertz CT molecular complexity index is 1050. The van der Waals surface area contributed by atoms with Crippen LogP contribution in [0.5, 0.6) is 0 Å². The van der Waals surface area contributed by atoms with Crippen molar-refractivity contribution in [2.45, 2.75) is 30.5 Å². The standard InChI is InChI=1S/C26H23ClN2/c27-16-20-14-25(15-20)26(28-18-29(25)17-19-8-2-1-3-9-19)23-12-6-4-10-21(23)22-11-5-7-13-24(22)26/h1-13,18,20H,14-17H2. The van der Waals surface area contributed by atoms with Crippen LogP contribution < -0.4 is 0 Å². The average Bonchev–Trinajstić information content (AvgIpc) is 3.23. The van der Waals surface area contributed by atoms with Gasteiger partial charge in [-0.25, -0.2) is 0 Å². The van der Waals surface area contributed by atoms with E-state index in [0.717, 1.165) is 25.3 Å². The Morgan fingerprint density at radius 3 is 2.03 bits per heavy atom. The number of hydrogen-bond acceptors (Lipinski definition) is 2. The minimum absolute atomic E-state index is 0.0505. The molecule has 3 heteroatoms. The third-order valence-electron chi connectivity index (χ3n) is 7.20. The summed E-state index contributed by atoms with van der Waals surface area (Å²) >= 11 is 6.31. The fourth-order valence-corrected chi connectivity index (χ4v) is 6.17. The van der Waals surface area contributed by atoms with Crippen LogP contribution in [0.2, 0.25) is 0 Å². The number of rotatable bonds is 3. The Morgan fingerprint density at radius 1 is 0.828 bits per heavy atom. The van der Waals surface area contributed by atoms with Crippen molar-refractivity contribution in [3.8, 4) is 11.1 Å². The molecular weight excluding hydrogens is 376 g/mol. The van der Waals surface area contributed by atoms with E-state index in [1.54, 1.807) is 0 Å². The molecule has 144 valence electrons. The van der Waals surface area contributed by atoms with Gasteiger partial charge in [0, 0.05) is 12.4 Å². The number of nitrogens with zero attached hydrogens (tertiary/aromatic N) is 2. The van der Waals surface area contributed by atoms with Crippen molar-refractivity contribution in [1.29, 1.82) is 0 Å². The maximum Gasteiger partial charge on any atom is 0.137 e. The Morgan fingerprint density at radius 2 is 1.41 bits per heavy atom. The highest BCUT2D eigenvalue weighted by Gasteiger charge is 2.67. The van der Waals surface area contributed by atoms with Gasteiger partial charge in [0.1, 0.15) is 5.54 Å². The summed E-state index contributed by atoms with van der Waals surface area (Å²) in [4.78, 5) is 7.83. The van der Waals surface area contributed by atoms with E-state index in [2.05, 4.69) is 90.1 Å². The maximum absolute atomic E-state index is 6.31. The van der Waals surface area contributed by atoms with E-state index in [9.17, 15) is 0 Å². The van der Waals surface area contributed by atoms with E-state index >= 15 is 0 Å². The quantitative estimate of drug-likeness (QED) is 0.506. The molecule has 1 aliphatic heterocycles. The van der Waals surface area contributed by atoms with E-state index in [1.165, 1.54) is 27.8 Å². The minimum Gasteiger partial charge on any atom is -0.350 e. The van der Waals surface area contributed by atoms with E-state index in [-0.39, 0.29) is 11.1 Å². The van der Waals surface area contributed by atoms with Gasteiger partial charge < -0.3 is 4.90 Å². The second kappa shape index (κ2) is 6.21. The third-order valence-corrected chi connectivity index (χ3v) is 7.64. The summed E-state index contributed by atoms with van der Waals surface area (Å²) in [6.07, 6.45) is 4.27. The van der Waals surface area contributed by atoms with E-state index < -0.39 is 0 Å². The summed E-state index contributed by atoms with van der Waals surface area (Å²) in [5.41, 5.74) is 6.29. The highest BCUT2D eigenvalue weighted by atomic mass is 35.5. The Hall–Kier alpha value is -2.58. The molecular formula is C26H23ClN2. The predicted molar refractivity (Wildman–Crippen MR) is 119 cm³/mol. The van der Waals surface area contributed by atoms with Crippen LogP contribution in [0.4, 0.5) is 0 Å². The Kier molecular flexibility index (Phi) is 3.70. The first-order valence-electron chi connectivity index (χ1n) is 10.4. The molecule has 0 amide bonds. The Balaban J connectivity index is 1.54. The third kappa shape index (κ3) is 2.16. The van der Waals surface area contributed by atoms with Gasteiger partial charge in [0.25, 0.3) is 0 Å². The molecule has 0 saturated heterocycles. The molecule has 0 radical (unpaired) electrons. The maximum atomic E-state index is 6.31. The van der Waals surface area contributed by atoms with Crippen molar-refractivity contribution >= 4 is 17.9 Å². The Labute approximate surface area is 176 Å². The smallest absolute Gasteiger partial charge is 0.137 e. The molecule has 3 aliphatic rings. The zero-order valence-electron chi connectivity index (χ0n) is 16.3. The van der Waals surface area contributed by atoms with Gasteiger partial charge in [-0.05, 0) is 46.6 Å². The number of halogens is 1. The summed E-state index contributed by atoms with van der Waals surface area (Å²) in [6, 6.07) is 28.4. The lowest BCUT2D eigenvalue weighted by Gasteiger charge is -2.57. The summed E-state index contributed by atoms with van der Waals surface area (Å²) < 4.78 is 0. The average molecular weight is 399 g/mol. The zero-order valence-corrected chi connectivity index (χ0v) is 17.0. The molecule has 1 fully saturated rings. The lowest BCUT2D eigenvalue weighted by Crippen LogP contribution is -2.64. The van der Waals surface area contributed by atoms with Gasteiger partial charge in [0.2, 0.25) is 0 Å². The lowest BCUT2D eigenvalue weighted by atomic mass is 9.56. The van der Waals surface area contributed by atoms with Crippen LogP contribution in [0.3, 0.4) is 0 Å². The van der Waals surface area contributed by atoms with E-state index in [0.29, 0.717) is 5.92 Å². The molecule has 1 heterocycles. The summed E-state index contributed by atoms with van der Waals surface area (Å²) in [7, 11) is 0. The highest BCUT2D eigenvalue weighted by molar-refractivity contribution is 6.18. The number of benzene rings is 3. The van der Waals surface area contributed by atoms with Crippen LogP contribution in [-0.2, 0) is 12.1 Å². The fraction of sp³-hybridized carbons (Fsp3) is 0.269. The van der Waals surface area contributed by atoms with Gasteiger partial charge in [-0.15, -0.1) is 11.6 Å². The summed E-state index contributed by atoms with van der Waals surface area (Å²) in [5.74, 6) is 1.27. The molecule has 2 aliphatic carbocycles. The van der Waals surface area contributed by atoms with Crippen LogP contribution >= 0.6 is 11.6 Å². The first-order valence-corrected chi connectivity index (χ1v) is 10.9. The van der Waals surface area contributed by atoms with Crippen molar-refractivity contribution in [2.75, 3.05) is 5.88 Å². The van der Waals surface area contributed by atoms with Gasteiger partial charge >= 0.3 is 0 Å². The number of fused-ring (bicyclic) bond motifs is 6. The molecule has 0 N–H and O–H groups in total. The summed E-state index contributed by atoms with van der Waals surface area (Å²) in [6.45, 7) is 0.880. The molecule has 2 spiro atoms. The van der Waals surface area contributed by atoms with Gasteiger partial charge in [0.15, 0.2) is 0 Å². The van der Waals surface area contributed by atoms with Crippen LogP contribution in [0, 0.1) is 5.92 Å². The molecule has 3 aromatic rings. The summed E-state index contributed by atoms with van der Waals surface area (Å²) in [5, 5.41) is 0. The molecule has 0 aromatic heterocycles. The lowest BCUT2D eigenvalue weighted by molar-refractivity contribution is -0.00701. The second-order valence-corrected chi connectivity index (χ2v) is 8.93. The molecule has 3 aromatic carbocycles. The second-order valence-electron chi connectivity index (χ2n) is 8.62.